The average molecular weight is 285 g/mol. The summed E-state index contributed by atoms with van der Waals surface area (Å²) in [6.07, 6.45) is 1.57. The monoisotopic (exact) mass is 285 g/mol. The number of primary amides is 1. The van der Waals surface area contributed by atoms with E-state index in [9.17, 15) is 19.1 Å². The summed E-state index contributed by atoms with van der Waals surface area (Å²) in [5, 5.41) is 13.6. The number of hydrogen-bond donors (Lipinski definition) is 2. The van der Waals surface area contributed by atoms with Crippen LogP contribution in [0.4, 0.5) is 11.4 Å². The second-order valence-electron chi connectivity index (χ2n) is 4.04. The van der Waals surface area contributed by atoms with E-state index in [0.717, 1.165) is 6.07 Å². The molecule has 0 bridgehead atoms. The average Bonchev–Trinajstić information content (AvgIpc) is 2.35. The lowest BCUT2D eigenvalue weighted by molar-refractivity contribution is -0.384. The van der Waals surface area contributed by atoms with Crippen molar-refractivity contribution >= 4 is 28.1 Å². The Morgan fingerprint density at radius 2 is 2.21 bits per heavy atom. The topological polar surface area (TPSA) is 115 Å². The van der Waals surface area contributed by atoms with Crippen LogP contribution in [-0.2, 0) is 10.8 Å². The van der Waals surface area contributed by atoms with Crippen LogP contribution in [0.3, 0.4) is 0 Å². The number of nitro groups is 1. The van der Waals surface area contributed by atoms with E-state index in [-0.39, 0.29) is 22.2 Å². The molecule has 3 N–H and O–H groups in total. The highest BCUT2D eigenvalue weighted by Gasteiger charge is 2.17. The Kier molecular flexibility index (Phi) is 4.99. The van der Waals surface area contributed by atoms with Crippen LogP contribution in [0, 0.1) is 10.1 Å². The molecule has 0 fully saturated rings. The molecule has 1 aromatic carbocycles. The molecule has 0 saturated heterocycles. The minimum Gasteiger partial charge on any atom is -0.378 e. The molecule has 104 valence electrons. The smallest absolute Gasteiger partial charge is 0.293 e. The largest absolute Gasteiger partial charge is 0.378 e. The summed E-state index contributed by atoms with van der Waals surface area (Å²) in [5.41, 5.74) is 5.19. The number of rotatable bonds is 6. The predicted molar refractivity (Wildman–Crippen MR) is 73.6 cm³/mol. The van der Waals surface area contributed by atoms with Crippen molar-refractivity contribution in [1.82, 2.24) is 0 Å². The molecule has 0 heterocycles. The van der Waals surface area contributed by atoms with Crippen LogP contribution < -0.4 is 11.1 Å². The number of carbonyl (C=O) groups excluding carboxylic acids is 1. The number of nitro benzene ring substituents is 1. The summed E-state index contributed by atoms with van der Waals surface area (Å²) in [6.45, 7) is 2.10. The zero-order valence-corrected chi connectivity index (χ0v) is 11.4. The number of nitrogens with zero attached hydrogens (tertiary/aromatic N) is 1. The van der Waals surface area contributed by atoms with E-state index in [1.54, 1.807) is 13.2 Å². The first-order valence-corrected chi connectivity index (χ1v) is 7.09. The Hall–Kier alpha value is -1.96. The van der Waals surface area contributed by atoms with Crippen LogP contribution >= 0.6 is 0 Å². The number of nitrogens with two attached hydrogens (primary N) is 1. The molecule has 1 rings (SSSR count). The van der Waals surface area contributed by atoms with Gasteiger partial charge in [0.2, 0.25) is 5.91 Å². The molecule has 2 atom stereocenters. The molecule has 0 aliphatic rings. The first-order valence-electron chi connectivity index (χ1n) is 5.47. The molecular weight excluding hydrogens is 270 g/mol. The lowest BCUT2D eigenvalue weighted by Gasteiger charge is -2.11. The van der Waals surface area contributed by atoms with Gasteiger partial charge in [-0.2, -0.15) is 0 Å². The van der Waals surface area contributed by atoms with Gasteiger partial charge in [0.15, 0.2) is 0 Å². The van der Waals surface area contributed by atoms with Crippen LogP contribution in [0.25, 0.3) is 0 Å². The van der Waals surface area contributed by atoms with Gasteiger partial charge in [-0.1, -0.05) is 0 Å². The van der Waals surface area contributed by atoms with E-state index in [0.29, 0.717) is 6.54 Å². The molecule has 0 radical (unpaired) electrons. The minimum atomic E-state index is -1.02. The fourth-order valence-electron chi connectivity index (χ4n) is 1.36. The molecule has 0 aromatic heterocycles. The molecule has 0 spiro atoms. The van der Waals surface area contributed by atoms with Crippen molar-refractivity contribution < 1.29 is 13.9 Å². The number of nitrogens with one attached hydrogen (secondary N) is 1. The third kappa shape index (κ3) is 4.02. The highest BCUT2D eigenvalue weighted by atomic mass is 32.2. The standard InChI is InChI=1S/C11H15N3O4S/c1-7(19(2)18)6-13-9-4-3-8(11(12)15)5-10(9)14(16)17/h3-5,7,13H,6H2,1-2H3,(H2,12,15). The zero-order chi connectivity index (χ0) is 14.6. The van der Waals surface area contributed by atoms with Gasteiger partial charge in [-0.15, -0.1) is 0 Å². The molecule has 0 aliphatic carbocycles. The molecular formula is C11H15N3O4S. The zero-order valence-electron chi connectivity index (χ0n) is 10.6. The van der Waals surface area contributed by atoms with Crippen LogP contribution in [0.5, 0.6) is 0 Å². The summed E-state index contributed by atoms with van der Waals surface area (Å²) in [7, 11) is -1.02. The van der Waals surface area contributed by atoms with Gasteiger partial charge in [-0.05, 0) is 19.1 Å². The van der Waals surface area contributed by atoms with Gasteiger partial charge in [-0.25, -0.2) is 0 Å². The van der Waals surface area contributed by atoms with Crippen molar-refractivity contribution in [1.29, 1.82) is 0 Å². The number of amides is 1. The number of benzene rings is 1. The van der Waals surface area contributed by atoms with E-state index < -0.39 is 21.6 Å². The lowest BCUT2D eigenvalue weighted by atomic mass is 10.1. The van der Waals surface area contributed by atoms with E-state index in [4.69, 9.17) is 5.73 Å². The maximum Gasteiger partial charge on any atom is 0.293 e. The molecule has 1 amide bonds. The summed E-state index contributed by atoms with van der Waals surface area (Å²) in [5.74, 6) is -0.724. The molecule has 8 heteroatoms. The van der Waals surface area contributed by atoms with Crippen molar-refractivity contribution in [2.75, 3.05) is 18.1 Å². The summed E-state index contributed by atoms with van der Waals surface area (Å²) >= 11 is 0. The van der Waals surface area contributed by atoms with E-state index >= 15 is 0 Å². The van der Waals surface area contributed by atoms with E-state index in [2.05, 4.69) is 5.32 Å². The number of anilines is 1. The number of hydrogen-bond acceptors (Lipinski definition) is 5. The highest BCUT2D eigenvalue weighted by molar-refractivity contribution is 7.84. The Morgan fingerprint density at radius 3 is 2.68 bits per heavy atom. The predicted octanol–water partition coefficient (Wildman–Crippen LogP) is 0.873. The van der Waals surface area contributed by atoms with E-state index in [1.807, 2.05) is 0 Å². The molecule has 7 nitrogen and oxygen atoms in total. The van der Waals surface area contributed by atoms with Gasteiger partial charge >= 0.3 is 0 Å². The molecule has 2 unspecified atom stereocenters. The van der Waals surface area contributed by atoms with Gasteiger partial charge in [0.25, 0.3) is 5.69 Å². The number of carbonyl (C=O) groups is 1. The summed E-state index contributed by atoms with van der Waals surface area (Å²) in [4.78, 5) is 21.3. The Labute approximate surface area is 112 Å². The fraction of sp³-hybridized carbons (Fsp3) is 0.364. The lowest BCUT2D eigenvalue weighted by Crippen LogP contribution is -2.21. The molecule has 19 heavy (non-hydrogen) atoms. The first-order chi connectivity index (χ1) is 8.82. The van der Waals surface area contributed by atoms with Gasteiger partial charge in [0.1, 0.15) is 5.69 Å². The summed E-state index contributed by atoms with van der Waals surface area (Å²) < 4.78 is 11.2. The maximum absolute atomic E-state index is 11.2. The van der Waals surface area contributed by atoms with Crippen molar-refractivity contribution in [2.45, 2.75) is 12.2 Å². The summed E-state index contributed by atoms with van der Waals surface area (Å²) in [6, 6.07) is 3.95. The van der Waals surface area contributed by atoms with E-state index in [1.165, 1.54) is 12.1 Å². The van der Waals surface area contributed by atoms with Crippen molar-refractivity contribution in [3.63, 3.8) is 0 Å². The normalized spacial score (nSPS) is 13.6. The van der Waals surface area contributed by atoms with Crippen molar-refractivity contribution in [3.8, 4) is 0 Å². The quantitative estimate of drug-likeness (QED) is 0.594. The van der Waals surface area contributed by atoms with Crippen LogP contribution in [-0.4, -0.2) is 33.1 Å². The third-order valence-electron chi connectivity index (χ3n) is 2.63. The maximum atomic E-state index is 11.2. The van der Waals surface area contributed by atoms with Crippen LogP contribution in [0.2, 0.25) is 0 Å². The van der Waals surface area contributed by atoms with Gasteiger partial charge in [0.05, 0.1) is 4.92 Å². The first kappa shape index (κ1) is 15.1. The Balaban J connectivity index is 2.97. The van der Waals surface area contributed by atoms with Gasteiger partial charge in [-0.3, -0.25) is 19.1 Å². The SMILES string of the molecule is CC(CNc1ccc(C(N)=O)cc1[N+](=O)[O-])S(C)=O. The second-order valence-corrected chi connectivity index (χ2v) is 5.85. The molecule has 1 aromatic rings. The van der Waals surface area contributed by atoms with Gasteiger partial charge < -0.3 is 11.1 Å². The molecule has 0 saturated carbocycles. The van der Waals surface area contributed by atoms with Gasteiger partial charge in [0, 0.05) is 40.5 Å². The van der Waals surface area contributed by atoms with Crippen LogP contribution in [0.1, 0.15) is 17.3 Å². The highest BCUT2D eigenvalue weighted by Crippen LogP contribution is 2.25. The fourth-order valence-corrected chi connectivity index (χ4v) is 1.67. The minimum absolute atomic E-state index is 0.0735. The Bertz CT molecular complexity index is 533. The Morgan fingerprint density at radius 1 is 1.58 bits per heavy atom. The molecule has 0 aliphatic heterocycles. The van der Waals surface area contributed by atoms with Crippen molar-refractivity contribution in [3.05, 3.63) is 33.9 Å². The van der Waals surface area contributed by atoms with Crippen LogP contribution in [0.15, 0.2) is 18.2 Å². The van der Waals surface area contributed by atoms with Crippen molar-refractivity contribution in [2.24, 2.45) is 5.73 Å². The third-order valence-corrected chi connectivity index (χ3v) is 3.93. The second kappa shape index (κ2) is 6.28.